The summed E-state index contributed by atoms with van der Waals surface area (Å²) in [7, 11) is 0. The molecule has 13 heavy (non-hydrogen) atoms. The van der Waals surface area contributed by atoms with Gasteiger partial charge in [0.05, 0.1) is 6.54 Å². The maximum Gasteiger partial charge on any atom is 0.320 e. The molecule has 0 rings (SSSR count). The Balaban J connectivity index is 4.12. The van der Waals surface area contributed by atoms with Crippen molar-refractivity contribution in [3.63, 3.8) is 0 Å². The molecule has 0 bridgehead atoms. The molecule has 0 aliphatic heterocycles. The lowest BCUT2D eigenvalue weighted by molar-refractivity contribution is -0.140. The molecule has 1 unspecified atom stereocenters. The number of hydrogen-bond donors (Lipinski definition) is 2. The number of terminal acetylenes is 1. The number of rotatable bonds is 4. The van der Waals surface area contributed by atoms with Crippen LogP contribution in [0.3, 0.4) is 0 Å². The molecule has 0 amide bonds. The van der Waals surface area contributed by atoms with Crippen molar-refractivity contribution in [1.82, 2.24) is 5.32 Å². The van der Waals surface area contributed by atoms with Gasteiger partial charge in [0.2, 0.25) is 0 Å². The topological polar surface area (TPSA) is 49.3 Å². The Kier molecular flexibility index (Phi) is 4.50. The molecular weight excluding hydrogens is 166 g/mol. The average molecular weight is 183 g/mol. The minimum atomic E-state index is -0.842. The van der Waals surface area contributed by atoms with Crippen LogP contribution in [0.2, 0.25) is 0 Å². The van der Waals surface area contributed by atoms with Gasteiger partial charge < -0.3 is 5.11 Å². The van der Waals surface area contributed by atoms with E-state index in [-0.39, 0.29) is 5.41 Å². The highest BCUT2D eigenvalue weighted by molar-refractivity contribution is 5.73. The van der Waals surface area contributed by atoms with E-state index in [0.717, 1.165) is 0 Å². The zero-order chi connectivity index (χ0) is 10.5. The van der Waals surface area contributed by atoms with Crippen molar-refractivity contribution in [2.75, 3.05) is 6.54 Å². The molecule has 3 nitrogen and oxygen atoms in total. The van der Waals surface area contributed by atoms with Crippen molar-refractivity contribution in [3.05, 3.63) is 0 Å². The molecule has 0 radical (unpaired) electrons. The van der Waals surface area contributed by atoms with Gasteiger partial charge in [-0.25, -0.2) is 0 Å². The van der Waals surface area contributed by atoms with Gasteiger partial charge in [0.15, 0.2) is 0 Å². The van der Waals surface area contributed by atoms with E-state index in [1.807, 2.05) is 20.8 Å². The number of carboxylic acid groups (broad SMARTS) is 1. The SMILES string of the molecule is C#CCNC(CC(C)(C)C)C(=O)O. The molecule has 0 aliphatic rings. The van der Waals surface area contributed by atoms with E-state index in [1.54, 1.807) is 0 Å². The summed E-state index contributed by atoms with van der Waals surface area (Å²) in [5, 5.41) is 11.6. The number of carboxylic acids is 1. The van der Waals surface area contributed by atoms with Crippen LogP contribution in [-0.2, 0) is 4.79 Å². The summed E-state index contributed by atoms with van der Waals surface area (Å²) in [4.78, 5) is 10.8. The fourth-order valence-corrected chi connectivity index (χ4v) is 1.04. The zero-order valence-electron chi connectivity index (χ0n) is 8.42. The second-order valence-electron chi connectivity index (χ2n) is 4.24. The maximum absolute atomic E-state index is 10.8. The Morgan fingerprint density at radius 2 is 2.15 bits per heavy atom. The monoisotopic (exact) mass is 183 g/mol. The summed E-state index contributed by atoms with van der Waals surface area (Å²) >= 11 is 0. The Morgan fingerprint density at radius 1 is 1.62 bits per heavy atom. The van der Waals surface area contributed by atoms with Gasteiger partial charge in [-0.1, -0.05) is 26.7 Å². The van der Waals surface area contributed by atoms with E-state index in [9.17, 15) is 4.79 Å². The first-order valence-electron chi connectivity index (χ1n) is 4.26. The third kappa shape index (κ3) is 6.18. The Bertz CT molecular complexity index is 210. The van der Waals surface area contributed by atoms with Crippen LogP contribution in [0.5, 0.6) is 0 Å². The lowest BCUT2D eigenvalue weighted by Crippen LogP contribution is -2.39. The Morgan fingerprint density at radius 3 is 2.46 bits per heavy atom. The number of nitrogens with one attached hydrogen (secondary N) is 1. The van der Waals surface area contributed by atoms with Crippen LogP contribution in [0.4, 0.5) is 0 Å². The largest absolute Gasteiger partial charge is 0.480 e. The summed E-state index contributed by atoms with van der Waals surface area (Å²) < 4.78 is 0. The van der Waals surface area contributed by atoms with E-state index in [0.29, 0.717) is 13.0 Å². The molecule has 0 saturated heterocycles. The molecule has 0 aliphatic carbocycles. The van der Waals surface area contributed by atoms with Crippen LogP contribution in [0, 0.1) is 17.8 Å². The molecule has 0 fully saturated rings. The fraction of sp³-hybridized carbons (Fsp3) is 0.700. The van der Waals surface area contributed by atoms with E-state index in [1.165, 1.54) is 0 Å². The van der Waals surface area contributed by atoms with Crippen molar-refractivity contribution in [3.8, 4) is 12.3 Å². The van der Waals surface area contributed by atoms with Gasteiger partial charge in [-0.15, -0.1) is 6.42 Å². The molecule has 0 saturated carbocycles. The Labute approximate surface area is 79.5 Å². The van der Waals surface area contributed by atoms with Gasteiger partial charge in [0.1, 0.15) is 6.04 Å². The van der Waals surface area contributed by atoms with Crippen LogP contribution >= 0.6 is 0 Å². The van der Waals surface area contributed by atoms with Gasteiger partial charge >= 0.3 is 5.97 Å². The van der Waals surface area contributed by atoms with E-state index in [4.69, 9.17) is 11.5 Å². The van der Waals surface area contributed by atoms with E-state index >= 15 is 0 Å². The molecule has 0 aromatic carbocycles. The number of hydrogen-bond acceptors (Lipinski definition) is 2. The van der Waals surface area contributed by atoms with Crippen molar-refractivity contribution in [2.45, 2.75) is 33.2 Å². The first-order valence-corrected chi connectivity index (χ1v) is 4.26. The minimum absolute atomic E-state index is 0.00927. The van der Waals surface area contributed by atoms with Crippen molar-refractivity contribution >= 4 is 5.97 Å². The minimum Gasteiger partial charge on any atom is -0.480 e. The van der Waals surface area contributed by atoms with Gasteiger partial charge in [-0.05, 0) is 11.8 Å². The Hall–Kier alpha value is -1.01. The number of aliphatic carboxylic acids is 1. The third-order valence-corrected chi connectivity index (χ3v) is 1.57. The molecule has 3 heteroatoms. The quantitative estimate of drug-likeness (QED) is 0.642. The normalized spacial score (nSPS) is 13.4. The van der Waals surface area contributed by atoms with E-state index < -0.39 is 12.0 Å². The summed E-state index contributed by atoms with van der Waals surface area (Å²) in [6.45, 7) is 6.30. The lowest BCUT2D eigenvalue weighted by atomic mass is 9.88. The van der Waals surface area contributed by atoms with Crippen molar-refractivity contribution in [1.29, 1.82) is 0 Å². The summed E-state index contributed by atoms with van der Waals surface area (Å²) in [6.07, 6.45) is 5.61. The number of carbonyl (C=O) groups is 1. The second-order valence-corrected chi connectivity index (χ2v) is 4.24. The third-order valence-electron chi connectivity index (χ3n) is 1.57. The molecule has 0 aromatic rings. The standard InChI is InChI=1S/C10H17NO2/c1-5-6-11-8(9(12)13)7-10(2,3)4/h1,8,11H,6-7H2,2-4H3,(H,12,13). The van der Waals surface area contributed by atoms with Gasteiger partial charge in [0, 0.05) is 0 Å². The summed E-state index contributed by atoms with van der Waals surface area (Å²) in [5.41, 5.74) is -0.00927. The lowest BCUT2D eigenvalue weighted by Gasteiger charge is -2.23. The molecular formula is C10H17NO2. The predicted molar refractivity (Wildman–Crippen MR) is 52.3 cm³/mol. The average Bonchev–Trinajstić information content (AvgIpc) is 1.95. The van der Waals surface area contributed by atoms with Crippen molar-refractivity contribution < 1.29 is 9.90 Å². The van der Waals surface area contributed by atoms with Gasteiger partial charge in [-0.3, -0.25) is 10.1 Å². The highest BCUT2D eigenvalue weighted by Gasteiger charge is 2.23. The van der Waals surface area contributed by atoms with Gasteiger partial charge in [-0.2, -0.15) is 0 Å². The van der Waals surface area contributed by atoms with E-state index in [2.05, 4.69) is 11.2 Å². The van der Waals surface area contributed by atoms with Crippen LogP contribution in [0.15, 0.2) is 0 Å². The highest BCUT2D eigenvalue weighted by Crippen LogP contribution is 2.20. The smallest absolute Gasteiger partial charge is 0.320 e. The fourth-order valence-electron chi connectivity index (χ4n) is 1.04. The first kappa shape index (κ1) is 12.0. The van der Waals surface area contributed by atoms with Crippen molar-refractivity contribution in [2.24, 2.45) is 5.41 Å². The molecule has 0 spiro atoms. The van der Waals surface area contributed by atoms with Crippen LogP contribution in [0.25, 0.3) is 0 Å². The zero-order valence-corrected chi connectivity index (χ0v) is 8.42. The molecule has 74 valence electrons. The molecule has 1 atom stereocenters. The molecule has 0 heterocycles. The maximum atomic E-state index is 10.8. The predicted octanol–water partition coefficient (Wildman–Crippen LogP) is 1.10. The van der Waals surface area contributed by atoms with Crippen LogP contribution < -0.4 is 5.32 Å². The molecule has 0 aromatic heterocycles. The molecule has 2 N–H and O–H groups in total. The highest BCUT2D eigenvalue weighted by atomic mass is 16.4. The first-order chi connectivity index (χ1) is 5.87. The van der Waals surface area contributed by atoms with Crippen LogP contribution in [0.1, 0.15) is 27.2 Å². The summed E-state index contributed by atoms with van der Waals surface area (Å²) in [6, 6.07) is -0.545. The summed E-state index contributed by atoms with van der Waals surface area (Å²) in [5.74, 6) is 1.52. The van der Waals surface area contributed by atoms with Crippen LogP contribution in [-0.4, -0.2) is 23.7 Å². The second kappa shape index (κ2) is 4.88. The van der Waals surface area contributed by atoms with Gasteiger partial charge in [0.25, 0.3) is 0 Å².